The number of rotatable bonds is 1. The Bertz CT molecular complexity index is 255. The van der Waals surface area contributed by atoms with Gasteiger partial charge in [-0.2, -0.15) is 0 Å². The van der Waals surface area contributed by atoms with Crippen LogP contribution in [0, 0.1) is 0 Å². The lowest BCUT2D eigenvalue weighted by Crippen LogP contribution is -2.49. The van der Waals surface area contributed by atoms with Crippen molar-refractivity contribution in [2.75, 3.05) is 6.61 Å². The molecule has 1 aliphatic heterocycles. The molecule has 1 saturated heterocycles. The summed E-state index contributed by atoms with van der Waals surface area (Å²) < 4.78 is 11.3. The Labute approximate surface area is 91.5 Å². The molecule has 15 heavy (non-hydrogen) atoms. The second-order valence-corrected chi connectivity index (χ2v) is 5.33. The van der Waals surface area contributed by atoms with Crippen molar-refractivity contribution in [1.29, 1.82) is 0 Å². The monoisotopic (exact) mass is 215 g/mol. The zero-order valence-corrected chi connectivity index (χ0v) is 10.5. The van der Waals surface area contributed by atoms with E-state index in [1.165, 1.54) is 6.92 Å². The van der Waals surface area contributed by atoms with Crippen LogP contribution in [0.2, 0.25) is 0 Å². The van der Waals surface area contributed by atoms with Gasteiger partial charge >= 0.3 is 0 Å². The second-order valence-electron chi connectivity index (χ2n) is 5.33. The Morgan fingerprint density at radius 3 is 2.40 bits per heavy atom. The molecule has 1 aliphatic rings. The van der Waals surface area contributed by atoms with Gasteiger partial charge in [0.15, 0.2) is 6.23 Å². The van der Waals surface area contributed by atoms with Crippen molar-refractivity contribution in [2.24, 2.45) is 0 Å². The average Bonchev–Trinajstić information content (AvgIpc) is 2.22. The number of amides is 1. The summed E-state index contributed by atoms with van der Waals surface area (Å²) in [5, 5.41) is 0. The van der Waals surface area contributed by atoms with Crippen LogP contribution in [0.1, 0.15) is 41.5 Å². The fraction of sp³-hybridized carbons (Fsp3) is 0.909. The van der Waals surface area contributed by atoms with Crippen molar-refractivity contribution in [1.82, 2.24) is 4.90 Å². The van der Waals surface area contributed by atoms with Gasteiger partial charge in [0.2, 0.25) is 5.91 Å². The zero-order chi connectivity index (χ0) is 11.9. The molecule has 1 atom stereocenters. The first kappa shape index (κ1) is 12.5. The summed E-state index contributed by atoms with van der Waals surface area (Å²) in [7, 11) is 0. The van der Waals surface area contributed by atoms with E-state index in [2.05, 4.69) is 0 Å². The van der Waals surface area contributed by atoms with Gasteiger partial charge in [-0.15, -0.1) is 0 Å². The van der Waals surface area contributed by atoms with Gasteiger partial charge in [0.05, 0.1) is 12.2 Å². The minimum absolute atomic E-state index is 0.0215. The standard InChI is InChI=1S/C11H21NO3/c1-8(13)12-9(15-10(2,3)4)7-14-11(12,5)6/h9H,7H2,1-6H3. The Morgan fingerprint density at radius 1 is 1.47 bits per heavy atom. The van der Waals surface area contributed by atoms with Gasteiger partial charge in [-0.1, -0.05) is 0 Å². The number of ether oxygens (including phenoxy) is 2. The first-order valence-corrected chi connectivity index (χ1v) is 5.25. The number of nitrogens with zero attached hydrogens (tertiary/aromatic N) is 1. The van der Waals surface area contributed by atoms with Crippen LogP contribution >= 0.6 is 0 Å². The smallest absolute Gasteiger partial charge is 0.223 e. The van der Waals surface area contributed by atoms with Crippen molar-refractivity contribution in [3.63, 3.8) is 0 Å². The predicted octanol–water partition coefficient (Wildman–Crippen LogP) is 1.74. The summed E-state index contributed by atoms with van der Waals surface area (Å²) in [6, 6.07) is 0. The lowest BCUT2D eigenvalue weighted by Gasteiger charge is -2.35. The third-order valence-corrected chi connectivity index (χ3v) is 2.28. The van der Waals surface area contributed by atoms with Gasteiger partial charge < -0.3 is 9.47 Å². The highest BCUT2D eigenvalue weighted by atomic mass is 16.6. The van der Waals surface area contributed by atoms with E-state index in [9.17, 15) is 4.79 Å². The topological polar surface area (TPSA) is 38.8 Å². The Balaban J connectivity index is 2.79. The van der Waals surface area contributed by atoms with Gasteiger partial charge in [0.25, 0.3) is 0 Å². The maximum atomic E-state index is 11.5. The molecular formula is C11H21NO3. The molecule has 0 aromatic heterocycles. The maximum absolute atomic E-state index is 11.5. The number of hydrogen-bond donors (Lipinski definition) is 0. The maximum Gasteiger partial charge on any atom is 0.223 e. The Kier molecular flexibility index (Phi) is 3.12. The van der Waals surface area contributed by atoms with Crippen LogP contribution in [0.15, 0.2) is 0 Å². The molecule has 1 unspecified atom stereocenters. The van der Waals surface area contributed by atoms with Crippen molar-refractivity contribution < 1.29 is 14.3 Å². The summed E-state index contributed by atoms with van der Waals surface area (Å²) in [4.78, 5) is 13.2. The summed E-state index contributed by atoms with van der Waals surface area (Å²) in [5.74, 6) is -0.0215. The van der Waals surface area contributed by atoms with E-state index in [1.54, 1.807) is 4.90 Å². The number of hydrogen-bond acceptors (Lipinski definition) is 3. The molecule has 1 fully saturated rings. The highest BCUT2D eigenvalue weighted by Crippen LogP contribution is 2.30. The van der Waals surface area contributed by atoms with Crippen molar-refractivity contribution >= 4 is 5.91 Å². The number of carbonyl (C=O) groups excluding carboxylic acids is 1. The summed E-state index contributed by atoms with van der Waals surface area (Å²) >= 11 is 0. The number of carbonyl (C=O) groups is 1. The molecule has 0 saturated carbocycles. The normalized spacial score (nSPS) is 25.7. The van der Waals surface area contributed by atoms with E-state index in [1.807, 2.05) is 34.6 Å². The third-order valence-electron chi connectivity index (χ3n) is 2.28. The molecule has 1 rings (SSSR count). The molecule has 0 radical (unpaired) electrons. The van der Waals surface area contributed by atoms with E-state index in [-0.39, 0.29) is 17.7 Å². The molecule has 88 valence electrons. The molecule has 0 aromatic carbocycles. The minimum Gasteiger partial charge on any atom is -0.351 e. The van der Waals surface area contributed by atoms with E-state index in [0.29, 0.717) is 6.61 Å². The predicted molar refractivity (Wildman–Crippen MR) is 57.2 cm³/mol. The molecule has 1 amide bonds. The Morgan fingerprint density at radius 2 is 2.00 bits per heavy atom. The second kappa shape index (κ2) is 3.76. The molecule has 0 bridgehead atoms. The molecule has 4 nitrogen and oxygen atoms in total. The molecule has 0 aromatic rings. The molecule has 4 heteroatoms. The summed E-state index contributed by atoms with van der Waals surface area (Å²) in [6.07, 6.45) is -0.280. The quantitative estimate of drug-likeness (QED) is 0.669. The lowest BCUT2D eigenvalue weighted by molar-refractivity contribution is -0.164. The van der Waals surface area contributed by atoms with E-state index < -0.39 is 5.72 Å². The molecule has 1 heterocycles. The highest BCUT2D eigenvalue weighted by molar-refractivity contribution is 5.74. The third kappa shape index (κ3) is 2.92. The van der Waals surface area contributed by atoms with Gasteiger partial charge in [-0.3, -0.25) is 9.69 Å². The molecule has 0 N–H and O–H groups in total. The first-order chi connectivity index (χ1) is 6.63. The first-order valence-electron chi connectivity index (χ1n) is 5.25. The van der Waals surface area contributed by atoms with Crippen molar-refractivity contribution in [3.05, 3.63) is 0 Å². The SMILES string of the molecule is CC(=O)N1C(OC(C)(C)C)COC1(C)C. The van der Waals surface area contributed by atoms with Gasteiger partial charge in [-0.05, 0) is 34.6 Å². The van der Waals surface area contributed by atoms with Crippen LogP contribution in [0.3, 0.4) is 0 Å². The molecule has 0 spiro atoms. The van der Waals surface area contributed by atoms with Crippen LogP contribution in [-0.4, -0.2) is 35.0 Å². The molecule has 0 aliphatic carbocycles. The van der Waals surface area contributed by atoms with Gasteiger partial charge in [0.1, 0.15) is 5.72 Å². The highest BCUT2D eigenvalue weighted by Gasteiger charge is 2.44. The summed E-state index contributed by atoms with van der Waals surface area (Å²) in [6.45, 7) is 11.6. The van der Waals surface area contributed by atoms with Crippen LogP contribution in [0.4, 0.5) is 0 Å². The summed E-state index contributed by atoms with van der Waals surface area (Å²) in [5.41, 5.74) is -0.843. The van der Waals surface area contributed by atoms with Crippen LogP contribution in [0.25, 0.3) is 0 Å². The van der Waals surface area contributed by atoms with E-state index >= 15 is 0 Å². The Hall–Kier alpha value is -0.610. The van der Waals surface area contributed by atoms with E-state index in [0.717, 1.165) is 0 Å². The fourth-order valence-corrected chi connectivity index (χ4v) is 1.84. The fourth-order valence-electron chi connectivity index (χ4n) is 1.84. The lowest BCUT2D eigenvalue weighted by atomic mass is 10.2. The zero-order valence-electron chi connectivity index (χ0n) is 10.5. The average molecular weight is 215 g/mol. The molecular weight excluding hydrogens is 194 g/mol. The largest absolute Gasteiger partial charge is 0.351 e. The van der Waals surface area contributed by atoms with Gasteiger partial charge in [0, 0.05) is 6.92 Å². The van der Waals surface area contributed by atoms with Crippen molar-refractivity contribution in [2.45, 2.75) is 59.1 Å². The minimum atomic E-state index is -0.568. The van der Waals surface area contributed by atoms with Crippen molar-refractivity contribution in [3.8, 4) is 0 Å². The van der Waals surface area contributed by atoms with E-state index in [4.69, 9.17) is 9.47 Å². The van der Waals surface area contributed by atoms with Crippen LogP contribution in [-0.2, 0) is 14.3 Å². The van der Waals surface area contributed by atoms with Gasteiger partial charge in [-0.25, -0.2) is 0 Å². The van der Waals surface area contributed by atoms with Crippen LogP contribution in [0.5, 0.6) is 0 Å². The van der Waals surface area contributed by atoms with Crippen LogP contribution < -0.4 is 0 Å².